The van der Waals surface area contributed by atoms with Crippen LogP contribution in [-0.4, -0.2) is 30.8 Å². The number of ketones is 1. The van der Waals surface area contributed by atoms with Crippen LogP contribution in [0.15, 0.2) is 0 Å². The van der Waals surface area contributed by atoms with E-state index >= 15 is 0 Å². The number of Topliss-reactive ketones (excluding diaryl/α,β-unsaturated/α-hetero) is 1. The van der Waals surface area contributed by atoms with Gasteiger partial charge in [-0.05, 0) is 32.4 Å². The van der Waals surface area contributed by atoms with Crippen molar-refractivity contribution in [3.8, 4) is 0 Å². The zero-order valence-electron chi connectivity index (χ0n) is 10.8. The van der Waals surface area contributed by atoms with Crippen LogP contribution in [0.1, 0.15) is 40.5 Å². The molecule has 0 spiro atoms. The van der Waals surface area contributed by atoms with Gasteiger partial charge in [-0.3, -0.25) is 4.79 Å². The van der Waals surface area contributed by atoms with E-state index in [-0.39, 0.29) is 11.3 Å². The smallest absolute Gasteiger partial charge is 0.143 e. The highest BCUT2D eigenvalue weighted by atomic mass is 16.1. The standard InChI is InChI=1S/C13H25NO/c1-10(2)12(15)13(11(3)4)7-6-8-14(5)9-13/h10-11H,6-9H2,1-5H3. The van der Waals surface area contributed by atoms with E-state index in [0.29, 0.717) is 11.7 Å². The lowest BCUT2D eigenvalue weighted by atomic mass is 9.66. The zero-order chi connectivity index (χ0) is 11.6. The van der Waals surface area contributed by atoms with Crippen LogP contribution in [0.4, 0.5) is 0 Å². The number of rotatable bonds is 3. The van der Waals surface area contributed by atoms with Crippen molar-refractivity contribution in [1.29, 1.82) is 0 Å². The maximum atomic E-state index is 12.4. The van der Waals surface area contributed by atoms with Crippen LogP contribution >= 0.6 is 0 Å². The highest BCUT2D eigenvalue weighted by Gasteiger charge is 2.44. The molecule has 0 aromatic heterocycles. The van der Waals surface area contributed by atoms with Gasteiger partial charge in [-0.1, -0.05) is 27.7 Å². The summed E-state index contributed by atoms with van der Waals surface area (Å²) in [7, 11) is 2.13. The van der Waals surface area contributed by atoms with Crippen LogP contribution < -0.4 is 0 Å². The van der Waals surface area contributed by atoms with E-state index in [9.17, 15) is 4.79 Å². The van der Waals surface area contributed by atoms with Crippen molar-refractivity contribution >= 4 is 5.78 Å². The minimum atomic E-state index is -0.0822. The molecule has 0 aliphatic carbocycles. The van der Waals surface area contributed by atoms with Gasteiger partial charge in [0.2, 0.25) is 0 Å². The van der Waals surface area contributed by atoms with Crippen molar-refractivity contribution in [2.45, 2.75) is 40.5 Å². The van der Waals surface area contributed by atoms with Gasteiger partial charge in [-0.15, -0.1) is 0 Å². The second-order valence-electron chi connectivity index (χ2n) is 5.67. The Bertz CT molecular complexity index is 235. The van der Waals surface area contributed by atoms with Gasteiger partial charge in [0, 0.05) is 17.9 Å². The summed E-state index contributed by atoms with van der Waals surface area (Å²) in [6.07, 6.45) is 2.24. The topological polar surface area (TPSA) is 20.3 Å². The Balaban J connectivity index is 2.92. The van der Waals surface area contributed by atoms with Gasteiger partial charge in [0.05, 0.1) is 0 Å². The number of piperidine rings is 1. The third-order valence-electron chi connectivity index (χ3n) is 3.84. The van der Waals surface area contributed by atoms with Crippen LogP contribution in [0.3, 0.4) is 0 Å². The molecule has 0 radical (unpaired) electrons. The largest absolute Gasteiger partial charge is 0.305 e. The molecule has 1 heterocycles. The molecule has 1 rings (SSSR count). The first-order valence-corrected chi connectivity index (χ1v) is 6.13. The molecule has 1 atom stereocenters. The average molecular weight is 211 g/mol. The Labute approximate surface area is 94.0 Å². The van der Waals surface area contributed by atoms with E-state index in [0.717, 1.165) is 25.9 Å². The highest BCUT2D eigenvalue weighted by Crippen LogP contribution is 2.39. The normalized spacial score (nSPS) is 28.7. The fourth-order valence-corrected chi connectivity index (χ4v) is 2.84. The van der Waals surface area contributed by atoms with E-state index in [1.165, 1.54) is 0 Å². The van der Waals surface area contributed by atoms with E-state index < -0.39 is 0 Å². The predicted molar refractivity (Wildman–Crippen MR) is 63.8 cm³/mol. The van der Waals surface area contributed by atoms with Gasteiger partial charge in [0.1, 0.15) is 5.78 Å². The van der Waals surface area contributed by atoms with Gasteiger partial charge >= 0.3 is 0 Å². The van der Waals surface area contributed by atoms with E-state index in [4.69, 9.17) is 0 Å². The molecule has 0 bridgehead atoms. The number of nitrogens with zero attached hydrogens (tertiary/aromatic N) is 1. The fraction of sp³-hybridized carbons (Fsp3) is 0.923. The molecule has 15 heavy (non-hydrogen) atoms. The van der Waals surface area contributed by atoms with Gasteiger partial charge in [-0.2, -0.15) is 0 Å². The molecule has 2 nitrogen and oxygen atoms in total. The Morgan fingerprint density at radius 3 is 2.27 bits per heavy atom. The van der Waals surface area contributed by atoms with E-state index in [1.807, 2.05) is 13.8 Å². The predicted octanol–water partition coefficient (Wildman–Crippen LogP) is 2.58. The minimum Gasteiger partial charge on any atom is -0.305 e. The van der Waals surface area contributed by atoms with Crippen LogP contribution in [0.25, 0.3) is 0 Å². The Morgan fingerprint density at radius 2 is 1.87 bits per heavy atom. The van der Waals surface area contributed by atoms with Crippen LogP contribution in [0.2, 0.25) is 0 Å². The third-order valence-corrected chi connectivity index (χ3v) is 3.84. The summed E-state index contributed by atoms with van der Waals surface area (Å²) in [6, 6.07) is 0. The first-order valence-electron chi connectivity index (χ1n) is 6.13. The lowest BCUT2D eigenvalue weighted by Crippen LogP contribution is -2.50. The number of hydrogen-bond donors (Lipinski definition) is 0. The number of carbonyl (C=O) groups excluding carboxylic acids is 1. The average Bonchev–Trinajstić information content (AvgIpc) is 2.16. The summed E-state index contributed by atoms with van der Waals surface area (Å²) < 4.78 is 0. The summed E-state index contributed by atoms with van der Waals surface area (Å²) in [5, 5.41) is 0. The molecule has 1 aliphatic rings. The number of hydrogen-bond acceptors (Lipinski definition) is 2. The minimum absolute atomic E-state index is 0.0822. The maximum absolute atomic E-state index is 12.4. The second-order valence-corrected chi connectivity index (χ2v) is 5.67. The van der Waals surface area contributed by atoms with Crippen molar-refractivity contribution in [3.63, 3.8) is 0 Å². The molecular weight excluding hydrogens is 186 g/mol. The van der Waals surface area contributed by atoms with Crippen molar-refractivity contribution in [2.24, 2.45) is 17.3 Å². The third kappa shape index (κ3) is 2.41. The lowest BCUT2D eigenvalue weighted by molar-refractivity contribution is -0.138. The first kappa shape index (κ1) is 12.7. The summed E-state index contributed by atoms with van der Waals surface area (Å²) in [4.78, 5) is 14.7. The molecule has 2 heteroatoms. The molecule has 1 fully saturated rings. The molecular formula is C13H25NO. The summed E-state index contributed by atoms with van der Waals surface area (Å²) in [5.74, 6) is 1.08. The molecule has 1 saturated heterocycles. The Hall–Kier alpha value is -0.370. The van der Waals surface area contributed by atoms with Crippen LogP contribution in [-0.2, 0) is 4.79 Å². The van der Waals surface area contributed by atoms with Gasteiger partial charge < -0.3 is 4.90 Å². The summed E-state index contributed by atoms with van der Waals surface area (Å²) in [6.45, 7) is 10.5. The van der Waals surface area contributed by atoms with Crippen molar-refractivity contribution < 1.29 is 4.79 Å². The van der Waals surface area contributed by atoms with Crippen LogP contribution in [0, 0.1) is 17.3 Å². The zero-order valence-corrected chi connectivity index (χ0v) is 10.8. The Kier molecular flexibility index (Phi) is 3.93. The lowest BCUT2D eigenvalue weighted by Gasteiger charge is -2.44. The van der Waals surface area contributed by atoms with Crippen LogP contribution in [0.5, 0.6) is 0 Å². The number of likely N-dealkylation sites (tertiary alicyclic amines) is 1. The second kappa shape index (κ2) is 4.65. The molecule has 0 aromatic rings. The van der Waals surface area contributed by atoms with E-state index in [2.05, 4.69) is 25.8 Å². The molecule has 0 saturated carbocycles. The molecule has 0 N–H and O–H groups in total. The first-order chi connectivity index (χ1) is 6.90. The van der Waals surface area contributed by atoms with Gasteiger partial charge in [0.15, 0.2) is 0 Å². The van der Waals surface area contributed by atoms with Gasteiger partial charge in [0.25, 0.3) is 0 Å². The van der Waals surface area contributed by atoms with Crippen molar-refractivity contribution in [1.82, 2.24) is 4.90 Å². The molecule has 1 aliphatic heterocycles. The Morgan fingerprint density at radius 1 is 1.27 bits per heavy atom. The highest BCUT2D eigenvalue weighted by molar-refractivity contribution is 5.87. The molecule has 0 amide bonds. The molecule has 0 aromatic carbocycles. The fourth-order valence-electron chi connectivity index (χ4n) is 2.84. The monoisotopic (exact) mass is 211 g/mol. The maximum Gasteiger partial charge on any atom is 0.143 e. The SMILES string of the molecule is CC(C)C(=O)C1(C(C)C)CCCN(C)C1. The number of carbonyl (C=O) groups is 1. The van der Waals surface area contributed by atoms with E-state index in [1.54, 1.807) is 0 Å². The van der Waals surface area contributed by atoms with Gasteiger partial charge in [-0.25, -0.2) is 0 Å². The van der Waals surface area contributed by atoms with Crippen molar-refractivity contribution in [3.05, 3.63) is 0 Å². The summed E-state index contributed by atoms with van der Waals surface area (Å²) in [5.41, 5.74) is -0.0822. The van der Waals surface area contributed by atoms with Crippen molar-refractivity contribution in [2.75, 3.05) is 20.1 Å². The summed E-state index contributed by atoms with van der Waals surface area (Å²) >= 11 is 0. The molecule has 88 valence electrons. The quantitative estimate of drug-likeness (QED) is 0.715. The molecule has 1 unspecified atom stereocenters.